The Morgan fingerprint density at radius 2 is 2.12 bits per heavy atom. The number of anilines is 1. The van der Waals surface area contributed by atoms with Gasteiger partial charge in [-0.05, 0) is 62.4 Å². The second-order valence-corrected chi connectivity index (χ2v) is 5.23. The molecule has 0 aromatic heterocycles. The van der Waals surface area contributed by atoms with Gasteiger partial charge in [-0.15, -0.1) is 0 Å². The maximum atomic E-state index is 5.90. The number of piperidine rings is 1. The van der Waals surface area contributed by atoms with Crippen LogP contribution in [-0.2, 0) is 0 Å². The van der Waals surface area contributed by atoms with Crippen LogP contribution in [0.1, 0.15) is 36.9 Å². The van der Waals surface area contributed by atoms with Crippen molar-refractivity contribution in [2.24, 2.45) is 11.7 Å². The van der Waals surface area contributed by atoms with E-state index in [2.05, 4.69) is 31.3 Å². The molecule has 0 spiro atoms. The van der Waals surface area contributed by atoms with E-state index in [1.807, 2.05) is 6.07 Å². The zero-order valence-electron chi connectivity index (χ0n) is 10.7. The Labute approximate surface area is 104 Å². The number of nitrogen functional groups attached to an aromatic ring is 1. The number of nitrogens with two attached hydrogens (primary N) is 2. The average Bonchev–Trinajstić information content (AvgIpc) is 2.32. The molecule has 1 aliphatic heterocycles. The van der Waals surface area contributed by atoms with Crippen LogP contribution in [0.4, 0.5) is 5.69 Å². The van der Waals surface area contributed by atoms with Crippen LogP contribution < -0.4 is 16.8 Å². The molecule has 0 amide bonds. The molecule has 94 valence electrons. The van der Waals surface area contributed by atoms with Gasteiger partial charge in [0.2, 0.25) is 0 Å². The van der Waals surface area contributed by atoms with E-state index < -0.39 is 0 Å². The normalized spacial score (nSPS) is 29.2. The van der Waals surface area contributed by atoms with Crippen LogP contribution in [0.3, 0.4) is 0 Å². The van der Waals surface area contributed by atoms with Gasteiger partial charge in [-0.2, -0.15) is 0 Å². The van der Waals surface area contributed by atoms with Crippen LogP contribution in [-0.4, -0.2) is 12.6 Å². The van der Waals surface area contributed by atoms with Crippen molar-refractivity contribution >= 4 is 5.69 Å². The highest BCUT2D eigenvalue weighted by Gasteiger charge is 2.29. The second-order valence-electron chi connectivity index (χ2n) is 5.23. The molecule has 1 aliphatic rings. The summed E-state index contributed by atoms with van der Waals surface area (Å²) < 4.78 is 0. The van der Waals surface area contributed by atoms with E-state index in [1.54, 1.807) is 0 Å². The molecule has 1 heterocycles. The van der Waals surface area contributed by atoms with Crippen molar-refractivity contribution in [3.63, 3.8) is 0 Å². The second kappa shape index (κ2) is 5.07. The van der Waals surface area contributed by atoms with Crippen molar-refractivity contribution in [3.05, 3.63) is 29.3 Å². The molecule has 0 bridgehead atoms. The lowest BCUT2D eigenvalue weighted by molar-refractivity contribution is 0.246. The topological polar surface area (TPSA) is 64.1 Å². The molecule has 2 rings (SSSR count). The maximum Gasteiger partial charge on any atom is 0.0366 e. The van der Waals surface area contributed by atoms with Gasteiger partial charge in [-0.1, -0.05) is 6.07 Å². The van der Waals surface area contributed by atoms with Crippen LogP contribution in [0.2, 0.25) is 0 Å². The van der Waals surface area contributed by atoms with E-state index >= 15 is 0 Å². The van der Waals surface area contributed by atoms with E-state index in [4.69, 9.17) is 11.5 Å². The Balaban J connectivity index is 2.31. The van der Waals surface area contributed by atoms with Crippen LogP contribution in [0, 0.1) is 12.8 Å². The summed E-state index contributed by atoms with van der Waals surface area (Å²) in [6, 6.07) is 7.06. The van der Waals surface area contributed by atoms with E-state index in [0.29, 0.717) is 18.0 Å². The number of aryl methyl sites for hydroxylation is 1. The first-order chi connectivity index (χ1) is 8.11. The molecule has 0 saturated carbocycles. The molecule has 1 aromatic carbocycles. The lowest BCUT2D eigenvalue weighted by Crippen LogP contribution is -2.43. The lowest BCUT2D eigenvalue weighted by atomic mass is 9.82. The number of benzene rings is 1. The zero-order valence-corrected chi connectivity index (χ0v) is 10.7. The summed E-state index contributed by atoms with van der Waals surface area (Å²) in [4.78, 5) is 0. The highest BCUT2D eigenvalue weighted by Crippen LogP contribution is 2.33. The predicted octanol–water partition coefficient (Wildman–Crippen LogP) is 1.97. The molecule has 3 nitrogen and oxygen atoms in total. The van der Waals surface area contributed by atoms with Gasteiger partial charge in [0.05, 0.1) is 0 Å². The quantitative estimate of drug-likeness (QED) is 0.684. The number of hydrogen-bond donors (Lipinski definition) is 3. The first kappa shape index (κ1) is 12.4. The molecular weight excluding hydrogens is 210 g/mol. The summed E-state index contributed by atoms with van der Waals surface area (Å²) in [6.45, 7) is 5.11. The summed E-state index contributed by atoms with van der Waals surface area (Å²) in [5, 5.41) is 3.67. The fraction of sp³-hybridized carbons (Fsp3) is 0.571. The smallest absolute Gasteiger partial charge is 0.0366 e. The third-order valence-corrected chi connectivity index (χ3v) is 3.85. The van der Waals surface area contributed by atoms with Gasteiger partial charge in [0, 0.05) is 17.8 Å². The number of hydrogen-bond acceptors (Lipinski definition) is 3. The third-order valence-electron chi connectivity index (χ3n) is 3.85. The molecule has 1 aromatic rings. The van der Waals surface area contributed by atoms with Gasteiger partial charge in [0.15, 0.2) is 0 Å². The Kier molecular flexibility index (Phi) is 3.69. The van der Waals surface area contributed by atoms with Crippen molar-refractivity contribution in [2.75, 3.05) is 12.3 Å². The molecule has 1 fully saturated rings. The third kappa shape index (κ3) is 2.61. The highest BCUT2D eigenvalue weighted by molar-refractivity contribution is 5.46. The lowest BCUT2D eigenvalue weighted by Gasteiger charge is -2.37. The molecule has 3 atom stereocenters. The van der Waals surface area contributed by atoms with Crippen molar-refractivity contribution in [3.8, 4) is 0 Å². The minimum absolute atomic E-state index is 0.354. The fourth-order valence-electron chi connectivity index (χ4n) is 2.75. The fourth-order valence-corrected chi connectivity index (χ4v) is 2.75. The summed E-state index contributed by atoms with van der Waals surface area (Å²) in [6.07, 6.45) is 2.41. The SMILES string of the molecule is Cc1ccc(N)cc1C1NC(C)CCC1CN. The van der Waals surface area contributed by atoms with Gasteiger partial charge in [0.1, 0.15) is 0 Å². The van der Waals surface area contributed by atoms with Crippen LogP contribution >= 0.6 is 0 Å². The Hall–Kier alpha value is -1.06. The highest BCUT2D eigenvalue weighted by atomic mass is 15.0. The standard InChI is InChI=1S/C14H23N3/c1-9-3-6-12(16)7-13(9)14-11(8-15)5-4-10(2)17-14/h3,6-7,10-11,14,17H,4-5,8,15-16H2,1-2H3. The summed E-state index contributed by atoms with van der Waals surface area (Å²) in [5.41, 5.74) is 15.2. The van der Waals surface area contributed by atoms with E-state index in [-0.39, 0.29) is 0 Å². The molecule has 0 aliphatic carbocycles. The van der Waals surface area contributed by atoms with Gasteiger partial charge < -0.3 is 16.8 Å². The summed E-state index contributed by atoms with van der Waals surface area (Å²) in [7, 11) is 0. The first-order valence-corrected chi connectivity index (χ1v) is 6.44. The maximum absolute atomic E-state index is 5.90. The van der Waals surface area contributed by atoms with Gasteiger partial charge in [-0.3, -0.25) is 0 Å². The van der Waals surface area contributed by atoms with Crippen molar-refractivity contribution in [1.82, 2.24) is 5.32 Å². The van der Waals surface area contributed by atoms with Gasteiger partial charge in [0.25, 0.3) is 0 Å². The monoisotopic (exact) mass is 233 g/mol. The molecule has 3 unspecified atom stereocenters. The molecule has 3 heteroatoms. The summed E-state index contributed by atoms with van der Waals surface area (Å²) >= 11 is 0. The molecule has 5 N–H and O–H groups in total. The molecule has 0 radical (unpaired) electrons. The van der Waals surface area contributed by atoms with Crippen molar-refractivity contribution < 1.29 is 0 Å². The average molecular weight is 233 g/mol. The number of nitrogens with one attached hydrogen (secondary N) is 1. The minimum atomic E-state index is 0.354. The van der Waals surface area contributed by atoms with E-state index in [0.717, 1.165) is 12.2 Å². The Bertz CT molecular complexity index is 389. The van der Waals surface area contributed by atoms with Crippen LogP contribution in [0.15, 0.2) is 18.2 Å². The predicted molar refractivity (Wildman–Crippen MR) is 72.7 cm³/mol. The Morgan fingerprint density at radius 1 is 1.35 bits per heavy atom. The van der Waals surface area contributed by atoms with E-state index in [1.165, 1.54) is 24.0 Å². The summed E-state index contributed by atoms with van der Waals surface area (Å²) in [5.74, 6) is 0.520. The van der Waals surface area contributed by atoms with Crippen LogP contribution in [0.25, 0.3) is 0 Å². The van der Waals surface area contributed by atoms with Crippen molar-refractivity contribution in [1.29, 1.82) is 0 Å². The zero-order chi connectivity index (χ0) is 12.4. The molecule has 1 saturated heterocycles. The molecular formula is C14H23N3. The van der Waals surface area contributed by atoms with Gasteiger partial charge in [-0.25, -0.2) is 0 Å². The molecule has 17 heavy (non-hydrogen) atoms. The number of rotatable bonds is 2. The van der Waals surface area contributed by atoms with Gasteiger partial charge >= 0.3 is 0 Å². The van der Waals surface area contributed by atoms with Crippen LogP contribution in [0.5, 0.6) is 0 Å². The first-order valence-electron chi connectivity index (χ1n) is 6.44. The Morgan fingerprint density at radius 3 is 2.82 bits per heavy atom. The van der Waals surface area contributed by atoms with Crippen molar-refractivity contribution in [2.45, 2.75) is 38.8 Å². The minimum Gasteiger partial charge on any atom is -0.399 e. The largest absolute Gasteiger partial charge is 0.399 e. The van der Waals surface area contributed by atoms with E-state index in [9.17, 15) is 0 Å².